The summed E-state index contributed by atoms with van der Waals surface area (Å²) in [5.74, 6) is 0.755. The molecule has 2 saturated heterocycles. The van der Waals surface area contributed by atoms with Gasteiger partial charge in [0.2, 0.25) is 5.60 Å². The number of hydrogen-bond acceptors (Lipinski definition) is 6. The Hall–Kier alpha value is -3.19. The first-order valence-corrected chi connectivity index (χ1v) is 13.3. The van der Waals surface area contributed by atoms with Gasteiger partial charge in [0.25, 0.3) is 0 Å². The molecule has 0 saturated carbocycles. The largest absolute Gasteiger partial charge is 0.493 e. The number of carbonyl (C=O) groups excluding carboxylic acids is 1. The summed E-state index contributed by atoms with van der Waals surface area (Å²) in [7, 11) is 0. The second-order valence-corrected chi connectivity index (χ2v) is 10.2. The van der Waals surface area contributed by atoms with Crippen molar-refractivity contribution in [3.63, 3.8) is 0 Å². The van der Waals surface area contributed by atoms with Crippen LogP contribution in [0, 0.1) is 11.8 Å². The van der Waals surface area contributed by atoms with Crippen LogP contribution in [0.15, 0.2) is 84.9 Å². The molecule has 0 aromatic heterocycles. The van der Waals surface area contributed by atoms with Gasteiger partial charge in [0, 0.05) is 31.1 Å². The van der Waals surface area contributed by atoms with E-state index < -0.39 is 11.6 Å². The number of nitrogens with zero attached hydrogens (tertiary/aromatic N) is 1. The van der Waals surface area contributed by atoms with Crippen LogP contribution in [0.4, 0.5) is 0 Å². The highest BCUT2D eigenvalue weighted by atomic mass is 16.5. The highest BCUT2D eigenvalue weighted by Crippen LogP contribution is 2.34. The zero-order valence-corrected chi connectivity index (χ0v) is 21.2. The molecule has 0 radical (unpaired) electrons. The van der Waals surface area contributed by atoms with Crippen LogP contribution in [-0.4, -0.2) is 55.4 Å². The fraction of sp³-hybridized carbons (Fsp3) is 0.387. The van der Waals surface area contributed by atoms with E-state index >= 15 is 0 Å². The first-order valence-electron chi connectivity index (χ1n) is 13.3. The van der Waals surface area contributed by atoms with Crippen molar-refractivity contribution in [1.82, 2.24) is 10.2 Å². The van der Waals surface area contributed by atoms with Gasteiger partial charge in [-0.3, -0.25) is 4.90 Å². The minimum atomic E-state index is -1.91. The maximum absolute atomic E-state index is 13.5. The minimum absolute atomic E-state index is 0.279. The molecule has 6 nitrogen and oxygen atoms in total. The molecule has 2 aliphatic rings. The zero-order valence-electron chi connectivity index (χ0n) is 21.2. The van der Waals surface area contributed by atoms with Crippen molar-refractivity contribution in [2.45, 2.75) is 25.0 Å². The van der Waals surface area contributed by atoms with Gasteiger partial charge in [0.05, 0.1) is 13.2 Å². The Kier molecular flexibility index (Phi) is 8.19. The van der Waals surface area contributed by atoms with E-state index in [-0.39, 0.29) is 5.92 Å². The molecule has 0 aliphatic carbocycles. The predicted octanol–water partition coefficient (Wildman–Crippen LogP) is 3.98. The van der Waals surface area contributed by atoms with E-state index in [2.05, 4.69) is 34.5 Å². The van der Waals surface area contributed by atoms with Gasteiger partial charge in [-0.05, 0) is 55.1 Å². The third-order valence-corrected chi connectivity index (χ3v) is 7.50. The van der Waals surface area contributed by atoms with Gasteiger partial charge >= 0.3 is 5.97 Å². The standard InChI is InChI=1S/C31H36N2O4/c34-30(37-22-25-14-16-33(17-15-25)21-24-8-3-1-4-9-24)31(35,27-10-5-2-6-11-27)28-12-7-13-29(18-28)36-23-26-19-32-20-26/h1-13,18,25-26,32,35H,14-17,19-23H2/t31-/m0/s1. The summed E-state index contributed by atoms with van der Waals surface area (Å²) in [6.07, 6.45) is 1.92. The van der Waals surface area contributed by atoms with Crippen molar-refractivity contribution in [1.29, 1.82) is 0 Å². The van der Waals surface area contributed by atoms with Gasteiger partial charge in [0.1, 0.15) is 5.75 Å². The molecule has 3 aromatic rings. The van der Waals surface area contributed by atoms with Crippen molar-refractivity contribution < 1.29 is 19.4 Å². The third-order valence-electron chi connectivity index (χ3n) is 7.50. The molecule has 37 heavy (non-hydrogen) atoms. The number of rotatable bonds is 10. The molecule has 0 unspecified atom stereocenters. The quantitative estimate of drug-likeness (QED) is 0.411. The number of carbonyl (C=O) groups is 1. The van der Waals surface area contributed by atoms with Crippen LogP contribution in [0.5, 0.6) is 5.75 Å². The monoisotopic (exact) mass is 500 g/mol. The van der Waals surface area contributed by atoms with Gasteiger partial charge in [0.15, 0.2) is 0 Å². The van der Waals surface area contributed by atoms with Gasteiger partial charge in [-0.15, -0.1) is 0 Å². The fourth-order valence-corrected chi connectivity index (χ4v) is 5.02. The predicted molar refractivity (Wildman–Crippen MR) is 143 cm³/mol. The molecule has 5 rings (SSSR count). The molecule has 2 aliphatic heterocycles. The Morgan fingerprint density at radius 3 is 2.22 bits per heavy atom. The Morgan fingerprint density at radius 1 is 0.865 bits per heavy atom. The number of benzene rings is 3. The van der Waals surface area contributed by atoms with Crippen molar-refractivity contribution in [2.24, 2.45) is 11.8 Å². The van der Waals surface area contributed by atoms with Crippen molar-refractivity contribution >= 4 is 5.97 Å². The Morgan fingerprint density at radius 2 is 1.54 bits per heavy atom. The molecule has 0 bridgehead atoms. The Balaban J connectivity index is 1.23. The number of esters is 1. The summed E-state index contributed by atoms with van der Waals surface area (Å²) in [5.41, 5.74) is 0.339. The minimum Gasteiger partial charge on any atom is -0.493 e. The lowest BCUT2D eigenvalue weighted by Crippen LogP contribution is -2.45. The summed E-state index contributed by atoms with van der Waals surface area (Å²) in [4.78, 5) is 16.0. The molecule has 1 atom stereocenters. The van der Waals surface area contributed by atoms with E-state index in [9.17, 15) is 9.90 Å². The second-order valence-electron chi connectivity index (χ2n) is 10.2. The molecule has 2 N–H and O–H groups in total. The fourth-order valence-electron chi connectivity index (χ4n) is 5.02. The lowest BCUT2D eigenvalue weighted by molar-refractivity contribution is -0.164. The maximum atomic E-state index is 13.5. The number of aliphatic hydroxyl groups is 1. The van der Waals surface area contributed by atoms with Crippen LogP contribution in [0.25, 0.3) is 0 Å². The Bertz CT molecular complexity index is 1140. The first-order chi connectivity index (χ1) is 18.1. The van der Waals surface area contributed by atoms with Gasteiger partial charge in [-0.25, -0.2) is 4.79 Å². The highest BCUT2D eigenvalue weighted by molar-refractivity contribution is 5.85. The summed E-state index contributed by atoms with van der Waals surface area (Å²) in [5, 5.41) is 15.1. The number of hydrogen-bond donors (Lipinski definition) is 2. The van der Waals surface area contributed by atoms with E-state index in [4.69, 9.17) is 9.47 Å². The molecule has 0 amide bonds. The molecular formula is C31H36N2O4. The van der Waals surface area contributed by atoms with Crippen LogP contribution >= 0.6 is 0 Å². The smallest absolute Gasteiger partial charge is 0.347 e. The average Bonchev–Trinajstić information content (AvgIpc) is 2.92. The number of piperidine rings is 1. The molecule has 194 valence electrons. The SMILES string of the molecule is O=C(OCC1CCN(Cc2ccccc2)CC1)[C@](O)(c1ccccc1)c1cccc(OCC2CNC2)c1. The zero-order chi connectivity index (χ0) is 25.5. The van der Waals surface area contributed by atoms with E-state index in [1.807, 2.05) is 36.4 Å². The summed E-state index contributed by atoms with van der Waals surface area (Å²) < 4.78 is 11.8. The van der Waals surface area contributed by atoms with Crippen LogP contribution in [0.1, 0.15) is 29.5 Å². The summed E-state index contributed by atoms with van der Waals surface area (Å²) >= 11 is 0. The van der Waals surface area contributed by atoms with Crippen LogP contribution in [0.2, 0.25) is 0 Å². The van der Waals surface area contributed by atoms with Crippen molar-refractivity contribution in [2.75, 3.05) is 39.4 Å². The van der Waals surface area contributed by atoms with E-state index in [0.29, 0.717) is 36.0 Å². The van der Waals surface area contributed by atoms with Crippen LogP contribution < -0.4 is 10.1 Å². The Labute approximate surface area is 219 Å². The lowest BCUT2D eigenvalue weighted by atomic mass is 9.86. The molecule has 2 fully saturated rings. The van der Waals surface area contributed by atoms with Crippen LogP contribution in [-0.2, 0) is 21.7 Å². The van der Waals surface area contributed by atoms with Gasteiger partial charge in [-0.2, -0.15) is 0 Å². The number of ether oxygens (including phenoxy) is 2. The normalized spacial score (nSPS) is 18.5. The molecule has 2 heterocycles. The average molecular weight is 501 g/mol. The van der Waals surface area contributed by atoms with Gasteiger partial charge < -0.3 is 19.9 Å². The summed E-state index contributed by atoms with van der Waals surface area (Å²) in [6, 6.07) is 26.7. The molecular weight excluding hydrogens is 464 g/mol. The van der Waals surface area contributed by atoms with E-state index in [0.717, 1.165) is 45.6 Å². The molecule has 3 aromatic carbocycles. The third kappa shape index (κ3) is 6.21. The first kappa shape index (κ1) is 25.5. The van der Waals surface area contributed by atoms with Crippen molar-refractivity contribution in [3.05, 3.63) is 102 Å². The van der Waals surface area contributed by atoms with E-state index in [1.54, 1.807) is 24.3 Å². The highest BCUT2D eigenvalue weighted by Gasteiger charge is 2.42. The van der Waals surface area contributed by atoms with Crippen LogP contribution in [0.3, 0.4) is 0 Å². The summed E-state index contributed by atoms with van der Waals surface area (Å²) in [6.45, 7) is 5.69. The second kappa shape index (κ2) is 11.9. The van der Waals surface area contributed by atoms with Gasteiger partial charge in [-0.1, -0.05) is 72.8 Å². The lowest BCUT2D eigenvalue weighted by Gasteiger charge is -2.33. The topological polar surface area (TPSA) is 71.0 Å². The number of nitrogens with one attached hydrogen (secondary N) is 1. The van der Waals surface area contributed by atoms with E-state index in [1.165, 1.54) is 5.56 Å². The number of likely N-dealkylation sites (tertiary alicyclic amines) is 1. The van der Waals surface area contributed by atoms with Crippen molar-refractivity contribution in [3.8, 4) is 5.75 Å². The molecule has 0 spiro atoms. The maximum Gasteiger partial charge on any atom is 0.347 e. The molecule has 6 heteroatoms.